The maximum absolute atomic E-state index is 5.88. The van der Waals surface area contributed by atoms with Crippen molar-refractivity contribution < 1.29 is 0 Å². The van der Waals surface area contributed by atoms with Crippen LogP contribution in [0.2, 0.25) is 0 Å². The Morgan fingerprint density at radius 1 is 1.00 bits per heavy atom. The molecule has 0 aliphatic heterocycles. The molecule has 3 N–H and O–H groups in total. The van der Waals surface area contributed by atoms with Crippen molar-refractivity contribution in [1.29, 1.82) is 0 Å². The van der Waals surface area contributed by atoms with Gasteiger partial charge < -0.3 is 0 Å². The van der Waals surface area contributed by atoms with Crippen LogP contribution in [0.5, 0.6) is 0 Å². The summed E-state index contributed by atoms with van der Waals surface area (Å²) in [5, 5.41) is 0. The smallest absolute Gasteiger partial charge is 0.0488 e. The van der Waals surface area contributed by atoms with Crippen LogP contribution in [0.4, 0.5) is 0 Å². The van der Waals surface area contributed by atoms with Gasteiger partial charge in [-0.1, -0.05) is 43.2 Å². The van der Waals surface area contributed by atoms with Crippen molar-refractivity contribution in [3.8, 4) is 0 Å². The molecule has 0 bridgehead atoms. The van der Waals surface area contributed by atoms with Gasteiger partial charge in [-0.3, -0.25) is 11.3 Å². The average Bonchev–Trinajstić information content (AvgIpc) is 2.27. The van der Waals surface area contributed by atoms with Crippen LogP contribution in [0.1, 0.15) is 55.8 Å². The van der Waals surface area contributed by atoms with E-state index < -0.39 is 0 Å². The lowest BCUT2D eigenvalue weighted by Crippen LogP contribution is -2.37. The van der Waals surface area contributed by atoms with Crippen molar-refractivity contribution in [3.05, 3.63) is 34.9 Å². The molecule has 0 heterocycles. The SMILES string of the molecule is Cc1cc(C)cc(C(NN)C2CC(C)CC(C)C2)c1. The number of nitrogens with two attached hydrogens (primary N) is 1. The second kappa shape index (κ2) is 6.06. The maximum Gasteiger partial charge on any atom is 0.0488 e. The molecule has 1 aliphatic carbocycles. The molecular weight excluding hydrogens is 232 g/mol. The van der Waals surface area contributed by atoms with E-state index in [0.717, 1.165) is 11.8 Å². The molecule has 0 saturated heterocycles. The highest BCUT2D eigenvalue weighted by atomic mass is 15.2. The Kier molecular flexibility index (Phi) is 4.64. The minimum atomic E-state index is 0.295. The molecule has 106 valence electrons. The van der Waals surface area contributed by atoms with E-state index in [1.807, 2.05) is 0 Å². The molecule has 1 fully saturated rings. The first-order valence-corrected chi connectivity index (χ1v) is 7.54. The summed E-state index contributed by atoms with van der Waals surface area (Å²) in [7, 11) is 0. The van der Waals surface area contributed by atoms with Crippen LogP contribution in [-0.4, -0.2) is 0 Å². The molecule has 0 amide bonds. The fourth-order valence-corrected chi connectivity index (χ4v) is 3.98. The molecule has 2 heteroatoms. The van der Waals surface area contributed by atoms with E-state index in [2.05, 4.69) is 51.3 Å². The van der Waals surface area contributed by atoms with Crippen LogP contribution in [-0.2, 0) is 0 Å². The highest BCUT2D eigenvalue weighted by Crippen LogP contribution is 2.39. The van der Waals surface area contributed by atoms with E-state index in [1.165, 1.54) is 36.0 Å². The summed E-state index contributed by atoms with van der Waals surface area (Å²) in [4.78, 5) is 0. The van der Waals surface area contributed by atoms with Crippen LogP contribution in [0.15, 0.2) is 18.2 Å². The van der Waals surface area contributed by atoms with Crippen molar-refractivity contribution in [3.63, 3.8) is 0 Å². The Labute approximate surface area is 117 Å². The molecule has 2 nitrogen and oxygen atoms in total. The second-order valence-corrected chi connectivity index (χ2v) is 6.74. The van der Waals surface area contributed by atoms with Gasteiger partial charge in [0, 0.05) is 6.04 Å². The largest absolute Gasteiger partial charge is 0.271 e. The quantitative estimate of drug-likeness (QED) is 0.639. The summed E-state index contributed by atoms with van der Waals surface area (Å²) < 4.78 is 0. The molecule has 0 aromatic heterocycles. The number of hydrogen-bond donors (Lipinski definition) is 2. The topological polar surface area (TPSA) is 38.0 Å². The van der Waals surface area contributed by atoms with E-state index in [1.54, 1.807) is 0 Å². The Hall–Kier alpha value is -0.860. The van der Waals surface area contributed by atoms with Crippen LogP contribution < -0.4 is 11.3 Å². The lowest BCUT2D eigenvalue weighted by Gasteiger charge is -2.36. The molecule has 3 atom stereocenters. The van der Waals surface area contributed by atoms with E-state index in [4.69, 9.17) is 5.84 Å². The Morgan fingerprint density at radius 3 is 2.00 bits per heavy atom. The Balaban J connectivity index is 2.23. The summed E-state index contributed by atoms with van der Waals surface area (Å²) >= 11 is 0. The lowest BCUT2D eigenvalue weighted by atomic mass is 9.72. The third kappa shape index (κ3) is 3.58. The summed E-state index contributed by atoms with van der Waals surface area (Å²) in [5.74, 6) is 8.16. The molecule has 19 heavy (non-hydrogen) atoms. The summed E-state index contributed by atoms with van der Waals surface area (Å²) in [6.45, 7) is 9.07. The zero-order valence-electron chi connectivity index (χ0n) is 12.7. The normalized spacial score (nSPS) is 29.2. The number of nitrogens with one attached hydrogen (secondary N) is 1. The number of aryl methyl sites for hydroxylation is 2. The van der Waals surface area contributed by atoms with Crippen LogP contribution in [0, 0.1) is 31.6 Å². The monoisotopic (exact) mass is 260 g/mol. The first-order chi connectivity index (χ1) is 8.99. The van der Waals surface area contributed by atoms with Gasteiger partial charge in [0.2, 0.25) is 0 Å². The maximum atomic E-state index is 5.88. The number of hydrogen-bond acceptors (Lipinski definition) is 2. The molecule has 0 radical (unpaired) electrons. The molecule has 0 spiro atoms. The van der Waals surface area contributed by atoms with Crippen molar-refractivity contribution in [2.24, 2.45) is 23.6 Å². The van der Waals surface area contributed by atoms with E-state index >= 15 is 0 Å². The minimum absolute atomic E-state index is 0.295. The van der Waals surface area contributed by atoms with Gasteiger partial charge in [0.25, 0.3) is 0 Å². The van der Waals surface area contributed by atoms with Gasteiger partial charge >= 0.3 is 0 Å². The van der Waals surface area contributed by atoms with E-state index in [-0.39, 0.29) is 0 Å². The van der Waals surface area contributed by atoms with Crippen LogP contribution in [0.3, 0.4) is 0 Å². The molecule has 1 saturated carbocycles. The predicted molar refractivity (Wildman–Crippen MR) is 81.6 cm³/mol. The summed E-state index contributed by atoms with van der Waals surface area (Å²) in [5.41, 5.74) is 7.09. The molecule has 2 rings (SSSR count). The Bertz CT molecular complexity index is 397. The molecular formula is C17H28N2. The van der Waals surface area contributed by atoms with E-state index in [9.17, 15) is 0 Å². The zero-order valence-corrected chi connectivity index (χ0v) is 12.7. The van der Waals surface area contributed by atoms with Gasteiger partial charge in [-0.15, -0.1) is 0 Å². The van der Waals surface area contributed by atoms with E-state index in [0.29, 0.717) is 12.0 Å². The molecule has 1 aliphatic rings. The number of rotatable bonds is 3. The van der Waals surface area contributed by atoms with Gasteiger partial charge in [-0.05, 0) is 56.4 Å². The highest BCUT2D eigenvalue weighted by molar-refractivity contribution is 5.31. The van der Waals surface area contributed by atoms with Crippen molar-refractivity contribution in [2.45, 2.75) is 53.0 Å². The average molecular weight is 260 g/mol. The molecule has 3 unspecified atom stereocenters. The highest BCUT2D eigenvalue weighted by Gasteiger charge is 2.30. The van der Waals surface area contributed by atoms with Crippen molar-refractivity contribution in [2.75, 3.05) is 0 Å². The lowest BCUT2D eigenvalue weighted by molar-refractivity contribution is 0.177. The third-order valence-corrected chi connectivity index (χ3v) is 4.47. The second-order valence-electron chi connectivity index (χ2n) is 6.74. The first kappa shape index (κ1) is 14.5. The van der Waals surface area contributed by atoms with Crippen molar-refractivity contribution >= 4 is 0 Å². The number of benzene rings is 1. The van der Waals surface area contributed by atoms with Gasteiger partial charge in [0.15, 0.2) is 0 Å². The van der Waals surface area contributed by atoms with Crippen molar-refractivity contribution in [1.82, 2.24) is 5.43 Å². The fraction of sp³-hybridized carbons (Fsp3) is 0.647. The predicted octanol–water partition coefficient (Wildman–Crippen LogP) is 3.88. The standard InChI is InChI=1S/C17H28N2/c1-11-5-12(2)8-15(7-11)17(19-18)16-9-13(3)6-14(4)10-16/h5,7-8,13-14,16-17,19H,6,9-10,18H2,1-4H3. The first-order valence-electron chi connectivity index (χ1n) is 7.54. The Morgan fingerprint density at radius 2 is 1.53 bits per heavy atom. The third-order valence-electron chi connectivity index (χ3n) is 4.47. The summed E-state index contributed by atoms with van der Waals surface area (Å²) in [6.07, 6.45) is 3.93. The fourth-order valence-electron chi connectivity index (χ4n) is 3.98. The van der Waals surface area contributed by atoms with Gasteiger partial charge in [-0.2, -0.15) is 0 Å². The van der Waals surface area contributed by atoms with Crippen LogP contribution in [0.25, 0.3) is 0 Å². The zero-order chi connectivity index (χ0) is 14.0. The van der Waals surface area contributed by atoms with Gasteiger partial charge in [0.05, 0.1) is 0 Å². The minimum Gasteiger partial charge on any atom is -0.271 e. The number of hydrazine groups is 1. The van der Waals surface area contributed by atoms with Gasteiger partial charge in [0.1, 0.15) is 0 Å². The summed E-state index contributed by atoms with van der Waals surface area (Å²) in [6, 6.07) is 7.08. The van der Waals surface area contributed by atoms with Crippen LogP contribution >= 0.6 is 0 Å². The molecule has 1 aromatic carbocycles. The molecule has 1 aromatic rings. The van der Waals surface area contributed by atoms with Gasteiger partial charge in [-0.25, -0.2) is 0 Å².